The maximum atomic E-state index is 6.21. The summed E-state index contributed by atoms with van der Waals surface area (Å²) in [6, 6.07) is 36.1. The zero-order chi connectivity index (χ0) is 27.3. The van der Waals surface area contributed by atoms with Crippen molar-refractivity contribution < 1.29 is 0 Å². The Morgan fingerprint density at radius 1 is 0.579 bits per heavy atom. The fraction of sp³-hybridized carbons (Fsp3) is 0.0882. The Bertz CT molecular complexity index is 1460. The van der Waals surface area contributed by atoms with E-state index in [9.17, 15) is 0 Å². The van der Waals surface area contributed by atoms with Gasteiger partial charge in [0.25, 0.3) is 0 Å². The molecule has 5 aromatic rings. The van der Waals surface area contributed by atoms with Gasteiger partial charge in [0.1, 0.15) is 0 Å². The van der Waals surface area contributed by atoms with Crippen LogP contribution >= 0.6 is 11.6 Å². The first-order valence-electron chi connectivity index (χ1n) is 12.5. The molecule has 4 aromatic carbocycles. The van der Waals surface area contributed by atoms with Crippen LogP contribution in [0.4, 0.5) is 0 Å². The normalized spacial score (nSPS) is 9.79. The van der Waals surface area contributed by atoms with Gasteiger partial charge in [0.05, 0.1) is 0 Å². The topological polar surface area (TPSA) is 38.7 Å². The van der Waals surface area contributed by atoms with Gasteiger partial charge in [-0.3, -0.25) is 0 Å². The van der Waals surface area contributed by atoms with Crippen molar-refractivity contribution in [2.45, 2.75) is 20.8 Å². The number of rotatable bonds is 5. The predicted molar refractivity (Wildman–Crippen MR) is 163 cm³/mol. The summed E-state index contributed by atoms with van der Waals surface area (Å²) in [6.07, 6.45) is 1.72. The Hall–Kier alpha value is -4.34. The minimum Gasteiger partial charge on any atom is -0.208 e. The lowest BCUT2D eigenvalue weighted by Gasteiger charge is -2.09. The number of hydrogen-bond acceptors (Lipinski definition) is 3. The average Bonchev–Trinajstić information content (AvgIpc) is 2.99. The number of allylic oxidation sites excluding steroid dienone is 2. The first kappa shape index (κ1) is 28.2. The van der Waals surface area contributed by atoms with E-state index in [0.29, 0.717) is 22.5 Å². The Labute approximate surface area is 231 Å². The van der Waals surface area contributed by atoms with Crippen LogP contribution in [0.2, 0.25) is 5.02 Å². The fourth-order valence-electron chi connectivity index (χ4n) is 3.42. The quantitative estimate of drug-likeness (QED) is 0.218. The van der Waals surface area contributed by atoms with Crippen molar-refractivity contribution in [1.82, 2.24) is 15.0 Å². The molecule has 0 amide bonds. The fourth-order valence-corrected chi connectivity index (χ4v) is 3.61. The molecule has 0 saturated heterocycles. The van der Waals surface area contributed by atoms with Gasteiger partial charge in [-0.1, -0.05) is 147 Å². The van der Waals surface area contributed by atoms with Gasteiger partial charge in [0.15, 0.2) is 17.5 Å². The second kappa shape index (κ2) is 14.4. The number of aromatic nitrogens is 3. The highest BCUT2D eigenvalue weighted by molar-refractivity contribution is 6.30. The van der Waals surface area contributed by atoms with Gasteiger partial charge in [-0.05, 0) is 30.2 Å². The molecule has 3 nitrogen and oxygen atoms in total. The van der Waals surface area contributed by atoms with Crippen molar-refractivity contribution in [3.63, 3.8) is 0 Å². The number of benzene rings is 4. The highest BCUT2D eigenvalue weighted by atomic mass is 35.5. The lowest BCUT2D eigenvalue weighted by atomic mass is 10.0. The summed E-state index contributed by atoms with van der Waals surface area (Å²) in [4.78, 5) is 14.3. The molecule has 0 atom stereocenters. The van der Waals surface area contributed by atoms with Crippen molar-refractivity contribution in [2.24, 2.45) is 0 Å². The summed E-state index contributed by atoms with van der Waals surface area (Å²) < 4.78 is 0. The highest BCUT2D eigenvalue weighted by Crippen LogP contribution is 2.27. The molecule has 0 spiro atoms. The number of nitrogens with zero attached hydrogens (tertiary/aromatic N) is 3. The molecule has 190 valence electrons. The molecule has 0 fully saturated rings. The molecule has 0 unspecified atom stereocenters. The second-order valence-corrected chi connectivity index (χ2v) is 8.61. The van der Waals surface area contributed by atoms with E-state index >= 15 is 0 Å². The minimum atomic E-state index is 0.596. The van der Waals surface area contributed by atoms with Gasteiger partial charge in [-0.2, -0.15) is 0 Å². The summed E-state index contributed by atoms with van der Waals surface area (Å²) in [5, 5.41) is 0.646. The van der Waals surface area contributed by atoms with Gasteiger partial charge >= 0.3 is 0 Å². The van der Waals surface area contributed by atoms with Crippen molar-refractivity contribution >= 4 is 11.6 Å². The van der Waals surface area contributed by atoms with Gasteiger partial charge in [-0.25, -0.2) is 15.0 Å². The third-order valence-corrected chi connectivity index (χ3v) is 5.58. The van der Waals surface area contributed by atoms with Gasteiger partial charge < -0.3 is 0 Å². The molecule has 5 rings (SSSR count). The molecular weight excluding hydrogens is 486 g/mol. The smallest absolute Gasteiger partial charge is 0.164 e. The zero-order valence-electron chi connectivity index (χ0n) is 22.1. The SMILES string of the molecule is C=CC(=C)C.CC.Clc1cccc(-c2nc(-c3ccccc3)nc(-c3ccc(-c4ccccc4)cc3)n2)c1. The third-order valence-electron chi connectivity index (χ3n) is 5.35. The summed E-state index contributed by atoms with van der Waals surface area (Å²) in [6.45, 7) is 12.9. The van der Waals surface area contributed by atoms with Crippen LogP contribution in [-0.4, -0.2) is 15.0 Å². The zero-order valence-corrected chi connectivity index (χ0v) is 22.9. The predicted octanol–water partition coefficient (Wildman–Crippen LogP) is 9.97. The van der Waals surface area contributed by atoms with Crippen LogP contribution in [0.3, 0.4) is 0 Å². The van der Waals surface area contributed by atoms with E-state index in [4.69, 9.17) is 26.6 Å². The van der Waals surface area contributed by atoms with Gasteiger partial charge in [-0.15, -0.1) is 0 Å². The molecule has 0 N–H and O–H groups in total. The van der Waals surface area contributed by atoms with Crippen LogP contribution < -0.4 is 0 Å². The van der Waals surface area contributed by atoms with Crippen LogP contribution in [0, 0.1) is 0 Å². The van der Waals surface area contributed by atoms with Crippen molar-refractivity contribution in [3.05, 3.63) is 139 Å². The van der Waals surface area contributed by atoms with E-state index in [2.05, 4.69) is 37.4 Å². The Morgan fingerprint density at radius 3 is 1.42 bits per heavy atom. The first-order chi connectivity index (χ1) is 18.5. The van der Waals surface area contributed by atoms with E-state index < -0.39 is 0 Å². The van der Waals surface area contributed by atoms with E-state index in [1.54, 1.807) is 6.08 Å². The third kappa shape index (κ3) is 7.83. The molecule has 4 heteroatoms. The summed E-state index contributed by atoms with van der Waals surface area (Å²) in [7, 11) is 0. The Kier molecular flexibility index (Phi) is 10.7. The maximum absolute atomic E-state index is 6.21. The van der Waals surface area contributed by atoms with E-state index in [1.165, 1.54) is 5.56 Å². The van der Waals surface area contributed by atoms with Crippen molar-refractivity contribution in [2.75, 3.05) is 0 Å². The lowest BCUT2D eigenvalue weighted by Crippen LogP contribution is -2.00. The van der Waals surface area contributed by atoms with Crippen LogP contribution in [0.25, 0.3) is 45.3 Å². The molecule has 0 radical (unpaired) electrons. The molecule has 1 heterocycles. The summed E-state index contributed by atoms with van der Waals surface area (Å²) >= 11 is 6.21. The van der Waals surface area contributed by atoms with Gasteiger partial charge in [0.2, 0.25) is 0 Å². The summed E-state index contributed by atoms with van der Waals surface area (Å²) in [5.74, 6) is 1.86. The maximum Gasteiger partial charge on any atom is 0.164 e. The molecule has 0 aliphatic heterocycles. The van der Waals surface area contributed by atoms with E-state index in [-0.39, 0.29) is 0 Å². The largest absolute Gasteiger partial charge is 0.208 e. The lowest BCUT2D eigenvalue weighted by molar-refractivity contribution is 1.07. The number of halogens is 1. The molecule has 0 aliphatic carbocycles. The van der Waals surface area contributed by atoms with Crippen molar-refractivity contribution in [1.29, 1.82) is 0 Å². The molecule has 38 heavy (non-hydrogen) atoms. The Balaban J connectivity index is 0.000000515. The van der Waals surface area contributed by atoms with Gasteiger partial charge in [0, 0.05) is 21.7 Å². The van der Waals surface area contributed by atoms with E-state index in [1.807, 2.05) is 106 Å². The minimum absolute atomic E-state index is 0.596. The first-order valence-corrected chi connectivity index (χ1v) is 12.9. The summed E-state index contributed by atoms with van der Waals surface area (Å²) in [5.41, 5.74) is 6.07. The second-order valence-electron chi connectivity index (χ2n) is 8.18. The van der Waals surface area contributed by atoms with E-state index in [0.717, 1.165) is 27.8 Å². The molecule has 0 aliphatic rings. The molecule has 1 aromatic heterocycles. The van der Waals surface area contributed by atoms with Crippen LogP contribution in [0.15, 0.2) is 134 Å². The van der Waals surface area contributed by atoms with Crippen LogP contribution in [-0.2, 0) is 0 Å². The molecule has 0 saturated carbocycles. The van der Waals surface area contributed by atoms with Crippen molar-refractivity contribution in [3.8, 4) is 45.3 Å². The number of hydrogen-bond donors (Lipinski definition) is 0. The molecular formula is C34H32ClN3. The average molecular weight is 518 g/mol. The highest BCUT2D eigenvalue weighted by Gasteiger charge is 2.12. The standard InChI is InChI=1S/C27H18ClN3.C5H8.C2H6/c28-24-13-7-12-23(18-24)27-30-25(21-10-5-2-6-11-21)29-26(31-27)22-16-14-20(15-17-22)19-8-3-1-4-9-19;1-4-5(2)3;1-2/h1-18H;4H,1-2H2,3H3;1-2H3. The molecule has 0 bridgehead atoms. The Morgan fingerprint density at radius 2 is 0.947 bits per heavy atom. The van der Waals surface area contributed by atoms with Crippen LogP contribution in [0.5, 0.6) is 0 Å². The van der Waals surface area contributed by atoms with Crippen LogP contribution in [0.1, 0.15) is 20.8 Å². The monoisotopic (exact) mass is 517 g/mol.